The van der Waals surface area contributed by atoms with E-state index in [9.17, 15) is 22.8 Å². The van der Waals surface area contributed by atoms with Crippen molar-refractivity contribution in [1.29, 1.82) is 0 Å². The highest BCUT2D eigenvalue weighted by Crippen LogP contribution is 2.25. The number of halogens is 4. The molecule has 2 N–H and O–H groups in total. The third kappa shape index (κ3) is 6.49. The molecular formula is C17H23ClF3N3O2. The smallest absolute Gasteiger partial charge is 0.338 e. The molecule has 1 aliphatic heterocycles. The third-order valence-electron chi connectivity index (χ3n) is 4.09. The van der Waals surface area contributed by atoms with E-state index in [4.69, 9.17) is 5.73 Å². The summed E-state index contributed by atoms with van der Waals surface area (Å²) in [4.78, 5) is 26.8. The fraction of sp³-hybridized carbons (Fsp3) is 0.529. The SMILES string of the molecule is Cl.NCCCN(Cc1ccccc1)C(=O)C1CC(=O)N(CC(F)(F)F)C1. The summed E-state index contributed by atoms with van der Waals surface area (Å²) in [5, 5.41) is 0. The number of rotatable bonds is 7. The second kappa shape index (κ2) is 9.78. The monoisotopic (exact) mass is 393 g/mol. The summed E-state index contributed by atoms with van der Waals surface area (Å²) in [5.41, 5.74) is 6.43. The zero-order valence-electron chi connectivity index (χ0n) is 14.2. The molecular weight excluding hydrogens is 371 g/mol. The van der Waals surface area contributed by atoms with Crippen LogP contribution in [0.2, 0.25) is 0 Å². The van der Waals surface area contributed by atoms with Gasteiger partial charge in [0.05, 0.1) is 5.92 Å². The second-order valence-corrected chi connectivity index (χ2v) is 6.18. The Labute approximate surface area is 156 Å². The van der Waals surface area contributed by atoms with Gasteiger partial charge in [-0.1, -0.05) is 30.3 Å². The van der Waals surface area contributed by atoms with E-state index in [1.807, 2.05) is 30.3 Å². The predicted molar refractivity (Wildman–Crippen MR) is 93.5 cm³/mol. The van der Waals surface area contributed by atoms with Crippen molar-refractivity contribution in [2.75, 3.05) is 26.2 Å². The molecule has 1 aliphatic rings. The van der Waals surface area contributed by atoms with Gasteiger partial charge in [0.1, 0.15) is 6.54 Å². The third-order valence-corrected chi connectivity index (χ3v) is 4.09. The second-order valence-electron chi connectivity index (χ2n) is 6.18. The van der Waals surface area contributed by atoms with Gasteiger partial charge in [-0.2, -0.15) is 13.2 Å². The van der Waals surface area contributed by atoms with Gasteiger partial charge >= 0.3 is 6.18 Å². The summed E-state index contributed by atoms with van der Waals surface area (Å²) >= 11 is 0. The van der Waals surface area contributed by atoms with Crippen LogP contribution in [0.4, 0.5) is 13.2 Å². The van der Waals surface area contributed by atoms with Gasteiger partial charge in [-0.3, -0.25) is 9.59 Å². The largest absolute Gasteiger partial charge is 0.406 e. The number of hydrogen-bond acceptors (Lipinski definition) is 3. The molecule has 0 radical (unpaired) electrons. The average molecular weight is 394 g/mol. The molecule has 0 bridgehead atoms. The van der Waals surface area contributed by atoms with Crippen molar-refractivity contribution in [3.8, 4) is 0 Å². The summed E-state index contributed by atoms with van der Waals surface area (Å²) in [6, 6.07) is 9.31. The van der Waals surface area contributed by atoms with E-state index >= 15 is 0 Å². The van der Waals surface area contributed by atoms with E-state index in [0.717, 1.165) is 5.56 Å². The number of benzene rings is 1. The molecule has 1 aromatic rings. The minimum atomic E-state index is -4.46. The number of carbonyl (C=O) groups excluding carboxylic acids is 2. The van der Waals surface area contributed by atoms with Crippen LogP contribution in [-0.4, -0.2) is 54.0 Å². The van der Waals surface area contributed by atoms with Gasteiger partial charge in [0, 0.05) is 26.1 Å². The highest BCUT2D eigenvalue weighted by Gasteiger charge is 2.41. The highest BCUT2D eigenvalue weighted by molar-refractivity contribution is 5.89. The van der Waals surface area contributed by atoms with Crippen molar-refractivity contribution >= 4 is 24.2 Å². The van der Waals surface area contributed by atoms with Crippen molar-refractivity contribution in [2.24, 2.45) is 11.7 Å². The molecule has 9 heteroatoms. The summed E-state index contributed by atoms with van der Waals surface area (Å²) < 4.78 is 37.6. The highest BCUT2D eigenvalue weighted by atomic mass is 35.5. The first-order valence-electron chi connectivity index (χ1n) is 8.17. The molecule has 1 atom stereocenters. The Bertz CT molecular complexity index is 599. The zero-order valence-corrected chi connectivity index (χ0v) is 15.1. The lowest BCUT2D eigenvalue weighted by atomic mass is 10.1. The average Bonchev–Trinajstić information content (AvgIpc) is 2.90. The van der Waals surface area contributed by atoms with Gasteiger partial charge in [-0.15, -0.1) is 12.4 Å². The molecule has 0 saturated carbocycles. The van der Waals surface area contributed by atoms with Gasteiger partial charge in [0.2, 0.25) is 11.8 Å². The maximum atomic E-state index is 12.7. The van der Waals surface area contributed by atoms with Crippen LogP contribution in [0.5, 0.6) is 0 Å². The molecule has 1 fully saturated rings. The Morgan fingerprint density at radius 2 is 1.92 bits per heavy atom. The van der Waals surface area contributed by atoms with E-state index in [-0.39, 0.29) is 31.3 Å². The lowest BCUT2D eigenvalue weighted by Crippen LogP contribution is -2.39. The molecule has 1 unspecified atom stereocenters. The summed E-state index contributed by atoms with van der Waals surface area (Å²) in [5.74, 6) is -1.67. The maximum absolute atomic E-state index is 12.7. The molecule has 0 aromatic heterocycles. The number of likely N-dealkylation sites (tertiary alicyclic amines) is 1. The predicted octanol–water partition coefficient (Wildman–Crippen LogP) is 2.20. The molecule has 0 aliphatic carbocycles. The Morgan fingerprint density at radius 3 is 2.50 bits per heavy atom. The van der Waals surface area contributed by atoms with E-state index in [1.165, 1.54) is 0 Å². The molecule has 2 rings (SSSR count). The summed E-state index contributed by atoms with van der Waals surface area (Å²) in [6.45, 7) is -0.331. The number of alkyl halides is 3. The lowest BCUT2D eigenvalue weighted by Gasteiger charge is -2.26. The van der Waals surface area contributed by atoms with Gasteiger partial charge in [0.15, 0.2) is 0 Å². The van der Waals surface area contributed by atoms with Crippen LogP contribution in [0.15, 0.2) is 30.3 Å². The lowest BCUT2D eigenvalue weighted by molar-refractivity contribution is -0.157. The first-order valence-corrected chi connectivity index (χ1v) is 8.17. The normalized spacial score (nSPS) is 17.2. The molecule has 2 amide bonds. The first-order chi connectivity index (χ1) is 11.8. The fourth-order valence-electron chi connectivity index (χ4n) is 2.92. The minimum absolute atomic E-state index is 0. The summed E-state index contributed by atoms with van der Waals surface area (Å²) in [6.07, 6.45) is -4.05. The van der Waals surface area contributed by atoms with Crippen LogP contribution in [0.1, 0.15) is 18.4 Å². The molecule has 0 spiro atoms. The first kappa shape index (κ1) is 22.2. The van der Waals surface area contributed by atoms with E-state index in [1.54, 1.807) is 4.90 Å². The van der Waals surface area contributed by atoms with Crippen LogP contribution in [0.25, 0.3) is 0 Å². The van der Waals surface area contributed by atoms with Crippen molar-refractivity contribution in [3.05, 3.63) is 35.9 Å². The Hall–Kier alpha value is -1.80. The topological polar surface area (TPSA) is 66.6 Å². The molecule has 1 saturated heterocycles. The molecule has 26 heavy (non-hydrogen) atoms. The maximum Gasteiger partial charge on any atom is 0.406 e. The Balaban J connectivity index is 0.00000338. The van der Waals surface area contributed by atoms with Gasteiger partial charge in [0.25, 0.3) is 0 Å². The zero-order chi connectivity index (χ0) is 18.4. The van der Waals surface area contributed by atoms with E-state index in [0.29, 0.717) is 31.0 Å². The van der Waals surface area contributed by atoms with Crippen molar-refractivity contribution < 1.29 is 22.8 Å². The minimum Gasteiger partial charge on any atom is -0.338 e. The van der Waals surface area contributed by atoms with Crippen molar-refractivity contribution in [3.63, 3.8) is 0 Å². The quantitative estimate of drug-likeness (QED) is 0.772. The van der Waals surface area contributed by atoms with Crippen LogP contribution in [0, 0.1) is 5.92 Å². The van der Waals surface area contributed by atoms with Crippen LogP contribution in [-0.2, 0) is 16.1 Å². The fourth-order valence-corrected chi connectivity index (χ4v) is 2.92. The van der Waals surface area contributed by atoms with E-state index < -0.39 is 24.5 Å². The van der Waals surface area contributed by atoms with Crippen molar-refractivity contribution in [2.45, 2.75) is 25.6 Å². The van der Waals surface area contributed by atoms with Gasteiger partial charge < -0.3 is 15.5 Å². The molecule has 1 aromatic carbocycles. The molecule has 5 nitrogen and oxygen atoms in total. The molecule has 1 heterocycles. The van der Waals surface area contributed by atoms with Crippen molar-refractivity contribution in [1.82, 2.24) is 9.80 Å². The number of nitrogens with zero attached hydrogens (tertiary/aromatic N) is 2. The van der Waals surface area contributed by atoms with Gasteiger partial charge in [-0.25, -0.2) is 0 Å². The van der Waals surface area contributed by atoms with Gasteiger partial charge in [-0.05, 0) is 18.5 Å². The number of nitrogens with two attached hydrogens (primary N) is 1. The molecule has 146 valence electrons. The van der Waals surface area contributed by atoms with Crippen LogP contribution in [0.3, 0.4) is 0 Å². The standard InChI is InChI=1S/C17H22F3N3O2.ClH/c18-17(19,20)12-23-11-14(9-15(23)24)16(25)22(8-4-7-21)10-13-5-2-1-3-6-13;/h1-3,5-6,14H,4,7-12,21H2;1H. The number of carbonyl (C=O) groups is 2. The van der Waals surface area contributed by atoms with Crippen LogP contribution >= 0.6 is 12.4 Å². The number of amides is 2. The van der Waals surface area contributed by atoms with Crippen LogP contribution < -0.4 is 5.73 Å². The Kier molecular flexibility index (Phi) is 8.36. The van der Waals surface area contributed by atoms with E-state index in [2.05, 4.69) is 0 Å². The Morgan fingerprint density at radius 1 is 1.27 bits per heavy atom. The number of hydrogen-bond donors (Lipinski definition) is 1. The summed E-state index contributed by atoms with van der Waals surface area (Å²) in [7, 11) is 0.